The van der Waals surface area contributed by atoms with E-state index in [0.29, 0.717) is 11.7 Å². The summed E-state index contributed by atoms with van der Waals surface area (Å²) >= 11 is 0. The average Bonchev–Trinajstić information content (AvgIpc) is 2.40. The van der Waals surface area contributed by atoms with Crippen LogP contribution in [-0.4, -0.2) is 16.5 Å². The lowest BCUT2D eigenvalue weighted by Crippen LogP contribution is -1.87. The van der Waals surface area contributed by atoms with E-state index in [1.165, 1.54) is 6.07 Å². The zero-order valence-corrected chi connectivity index (χ0v) is 9.42. The Balaban J connectivity index is 2.60. The van der Waals surface area contributed by atoms with Gasteiger partial charge in [0.05, 0.1) is 5.56 Å². The normalized spacial score (nSPS) is 10.9. The lowest BCUT2D eigenvalue weighted by atomic mass is 9.98. The number of rotatable bonds is 1. The predicted molar refractivity (Wildman–Crippen MR) is 70.2 cm³/mol. The molecule has 0 amide bonds. The van der Waals surface area contributed by atoms with E-state index < -0.39 is 0 Å². The first kappa shape index (κ1) is 10.6. The second kappa shape index (κ2) is 3.74. The molecule has 0 atom stereocenters. The minimum atomic E-state index is -0.368. The molecule has 88 valence electrons. The molecule has 0 unspecified atom stereocenters. The minimum absolute atomic E-state index is 0.121. The van der Waals surface area contributed by atoms with E-state index in [1.54, 1.807) is 6.07 Å². The van der Waals surface area contributed by atoms with Crippen molar-refractivity contribution in [1.29, 1.82) is 0 Å². The molecule has 3 heteroatoms. The van der Waals surface area contributed by atoms with Crippen molar-refractivity contribution >= 4 is 27.8 Å². The number of aldehydes is 1. The monoisotopic (exact) mass is 238 g/mol. The maximum atomic E-state index is 11.1. The second-order valence-corrected chi connectivity index (χ2v) is 4.16. The highest BCUT2D eigenvalue weighted by Gasteiger charge is 2.12. The summed E-state index contributed by atoms with van der Waals surface area (Å²) in [6, 6.07) is 12.9. The summed E-state index contributed by atoms with van der Waals surface area (Å²) in [6.07, 6.45) is 0.562. The van der Waals surface area contributed by atoms with Crippen molar-refractivity contribution in [2.75, 3.05) is 0 Å². The van der Waals surface area contributed by atoms with E-state index in [1.807, 2.05) is 30.3 Å². The van der Waals surface area contributed by atoms with Crippen molar-refractivity contribution in [2.45, 2.75) is 0 Å². The van der Waals surface area contributed by atoms with E-state index in [2.05, 4.69) is 0 Å². The number of fused-ring (bicyclic) bond motifs is 3. The highest BCUT2D eigenvalue weighted by molar-refractivity contribution is 6.13. The molecule has 18 heavy (non-hydrogen) atoms. The Kier molecular flexibility index (Phi) is 2.20. The number of hydrogen-bond acceptors (Lipinski definition) is 3. The highest BCUT2D eigenvalue weighted by Crippen LogP contribution is 2.37. The molecule has 0 heterocycles. The van der Waals surface area contributed by atoms with Crippen LogP contribution >= 0.6 is 0 Å². The maximum Gasteiger partial charge on any atom is 0.168 e. The van der Waals surface area contributed by atoms with Crippen LogP contribution in [0.2, 0.25) is 0 Å². The molecule has 2 N–H and O–H groups in total. The Morgan fingerprint density at radius 3 is 2.44 bits per heavy atom. The fraction of sp³-hybridized carbons (Fsp3) is 0. The zero-order chi connectivity index (χ0) is 12.7. The van der Waals surface area contributed by atoms with Crippen molar-refractivity contribution in [3.05, 3.63) is 48.0 Å². The topological polar surface area (TPSA) is 57.5 Å². The van der Waals surface area contributed by atoms with Gasteiger partial charge in [-0.2, -0.15) is 0 Å². The summed E-state index contributed by atoms with van der Waals surface area (Å²) in [6.45, 7) is 0. The van der Waals surface area contributed by atoms with E-state index in [-0.39, 0.29) is 17.1 Å². The van der Waals surface area contributed by atoms with Crippen LogP contribution in [0.3, 0.4) is 0 Å². The van der Waals surface area contributed by atoms with Gasteiger partial charge in [0.2, 0.25) is 0 Å². The lowest BCUT2D eigenvalue weighted by Gasteiger charge is -2.08. The van der Waals surface area contributed by atoms with E-state index in [9.17, 15) is 15.0 Å². The van der Waals surface area contributed by atoms with Crippen molar-refractivity contribution in [2.24, 2.45) is 0 Å². The molecule has 0 aliphatic rings. The number of aromatic hydroxyl groups is 2. The molecule has 0 aliphatic carbocycles. The smallest absolute Gasteiger partial charge is 0.168 e. The summed E-state index contributed by atoms with van der Waals surface area (Å²) < 4.78 is 0. The molecule has 0 fully saturated rings. The standard InChI is InChI=1S/C15H10O3/c16-8-13-11-6-5-9-3-1-2-4-10(9)12(11)7-14(17)15(13)18/h1-8,17-18H. The molecule has 3 aromatic rings. The Labute approximate surface area is 103 Å². The molecule has 3 aromatic carbocycles. The van der Waals surface area contributed by atoms with Crippen molar-refractivity contribution < 1.29 is 15.0 Å². The molecule has 0 saturated heterocycles. The molecular weight excluding hydrogens is 228 g/mol. The van der Waals surface area contributed by atoms with Crippen molar-refractivity contribution in [1.82, 2.24) is 0 Å². The van der Waals surface area contributed by atoms with Crippen LogP contribution in [0, 0.1) is 0 Å². The minimum Gasteiger partial charge on any atom is -0.504 e. The van der Waals surface area contributed by atoms with Gasteiger partial charge in [-0.25, -0.2) is 0 Å². The third-order valence-corrected chi connectivity index (χ3v) is 3.16. The van der Waals surface area contributed by atoms with E-state index in [0.717, 1.165) is 16.2 Å². The Morgan fingerprint density at radius 2 is 1.67 bits per heavy atom. The summed E-state index contributed by atoms with van der Waals surface area (Å²) in [5, 5.41) is 22.7. The fourth-order valence-electron chi connectivity index (χ4n) is 2.28. The van der Waals surface area contributed by atoms with Crippen molar-refractivity contribution in [3.8, 4) is 11.5 Å². The average molecular weight is 238 g/mol. The van der Waals surface area contributed by atoms with Gasteiger partial charge in [0.15, 0.2) is 17.8 Å². The number of carbonyl (C=O) groups excluding carboxylic acids is 1. The van der Waals surface area contributed by atoms with Gasteiger partial charge in [0.25, 0.3) is 0 Å². The Bertz CT molecular complexity index is 775. The Morgan fingerprint density at radius 1 is 0.889 bits per heavy atom. The first-order valence-corrected chi connectivity index (χ1v) is 5.54. The summed E-state index contributed by atoms with van der Waals surface area (Å²) in [4.78, 5) is 11.1. The molecule has 0 aliphatic heterocycles. The first-order chi connectivity index (χ1) is 8.72. The number of benzene rings is 3. The molecule has 0 bridgehead atoms. The molecule has 3 rings (SSSR count). The van der Waals surface area contributed by atoms with Crippen molar-refractivity contribution in [3.63, 3.8) is 0 Å². The van der Waals surface area contributed by atoms with Gasteiger partial charge in [-0.1, -0.05) is 36.4 Å². The van der Waals surface area contributed by atoms with Crippen LogP contribution in [0.15, 0.2) is 42.5 Å². The van der Waals surface area contributed by atoms with Crippen LogP contribution in [0.25, 0.3) is 21.5 Å². The van der Waals surface area contributed by atoms with Crippen LogP contribution in [0.4, 0.5) is 0 Å². The number of phenolic OH excluding ortho intramolecular Hbond substituents is 2. The third-order valence-electron chi connectivity index (χ3n) is 3.16. The fourth-order valence-corrected chi connectivity index (χ4v) is 2.28. The van der Waals surface area contributed by atoms with Crippen LogP contribution in [-0.2, 0) is 0 Å². The van der Waals surface area contributed by atoms with Crippen LogP contribution < -0.4 is 0 Å². The molecule has 3 nitrogen and oxygen atoms in total. The highest BCUT2D eigenvalue weighted by atomic mass is 16.3. The second-order valence-electron chi connectivity index (χ2n) is 4.16. The number of phenols is 2. The zero-order valence-electron chi connectivity index (χ0n) is 9.42. The summed E-state index contributed by atoms with van der Waals surface area (Å²) in [5.41, 5.74) is 0.121. The largest absolute Gasteiger partial charge is 0.504 e. The predicted octanol–water partition coefficient (Wildman–Crippen LogP) is 3.22. The van der Waals surface area contributed by atoms with Gasteiger partial charge in [-0.3, -0.25) is 4.79 Å². The van der Waals surface area contributed by atoms with Crippen LogP contribution in [0.5, 0.6) is 11.5 Å². The third kappa shape index (κ3) is 1.34. The van der Waals surface area contributed by atoms with Gasteiger partial charge in [0.1, 0.15) is 0 Å². The summed E-state index contributed by atoms with van der Waals surface area (Å²) in [5.74, 6) is -0.645. The number of hydrogen-bond donors (Lipinski definition) is 2. The van der Waals surface area contributed by atoms with E-state index >= 15 is 0 Å². The first-order valence-electron chi connectivity index (χ1n) is 5.54. The summed E-state index contributed by atoms with van der Waals surface area (Å²) in [7, 11) is 0. The lowest BCUT2D eigenvalue weighted by molar-refractivity contribution is 0.112. The quantitative estimate of drug-likeness (QED) is 0.389. The Hall–Kier alpha value is -2.55. The van der Waals surface area contributed by atoms with Gasteiger partial charge >= 0.3 is 0 Å². The molecular formula is C15H10O3. The van der Waals surface area contributed by atoms with Crippen LogP contribution in [0.1, 0.15) is 10.4 Å². The molecule has 0 saturated carbocycles. The number of carbonyl (C=O) groups is 1. The molecule has 0 radical (unpaired) electrons. The van der Waals surface area contributed by atoms with Gasteiger partial charge in [-0.15, -0.1) is 0 Å². The van der Waals surface area contributed by atoms with Gasteiger partial charge in [0, 0.05) is 0 Å². The maximum absolute atomic E-state index is 11.1. The molecule has 0 spiro atoms. The van der Waals surface area contributed by atoms with E-state index in [4.69, 9.17) is 0 Å². The molecule has 0 aromatic heterocycles. The SMILES string of the molecule is O=Cc1c(O)c(O)cc2c1ccc1ccccc12. The van der Waals surface area contributed by atoms with Gasteiger partial charge < -0.3 is 10.2 Å². The van der Waals surface area contributed by atoms with Gasteiger partial charge in [-0.05, 0) is 27.6 Å².